The fourth-order valence-corrected chi connectivity index (χ4v) is 3.56. The molecule has 0 aromatic heterocycles. The van der Waals surface area contributed by atoms with Crippen molar-refractivity contribution < 1.29 is 27.8 Å². The predicted octanol–water partition coefficient (Wildman–Crippen LogP) is 0.0916. The number of halogens is 2. The number of hydrogen-bond acceptors (Lipinski definition) is 8. The summed E-state index contributed by atoms with van der Waals surface area (Å²) in [5.74, 6) is -1.74. The minimum Gasteiger partial charge on any atom is -0.474 e. The molecule has 2 aliphatic rings. The Morgan fingerprint density at radius 3 is 2.71 bits per heavy atom. The summed E-state index contributed by atoms with van der Waals surface area (Å²) >= 11 is 4.88. The summed E-state index contributed by atoms with van der Waals surface area (Å²) < 4.78 is 40.1. The molecule has 15 heteroatoms. The molecular weight excluding hydrogens is 474 g/mol. The van der Waals surface area contributed by atoms with Gasteiger partial charge in [-0.2, -0.15) is 0 Å². The van der Waals surface area contributed by atoms with Crippen LogP contribution in [0.1, 0.15) is 0 Å². The molecule has 5 N–H and O–H groups in total. The largest absolute Gasteiger partial charge is 0.474 e. The number of aliphatic imine (C=N–C) groups is 1. The van der Waals surface area contributed by atoms with Crippen molar-refractivity contribution in [2.75, 3.05) is 63.2 Å². The van der Waals surface area contributed by atoms with Crippen molar-refractivity contribution >= 4 is 46.9 Å². The molecule has 186 valence electrons. The highest BCUT2D eigenvalue weighted by Gasteiger charge is 2.34. The fraction of sp³-hybridized carbons (Fsp3) is 0.474. The van der Waals surface area contributed by atoms with Gasteiger partial charge < -0.3 is 25.4 Å². The number of methoxy groups -OCH3 is 1. The van der Waals surface area contributed by atoms with Crippen molar-refractivity contribution in [3.63, 3.8) is 0 Å². The number of carbonyl (C=O) groups excluding carboxylic acids is 2. The van der Waals surface area contributed by atoms with Gasteiger partial charge in [0, 0.05) is 38.8 Å². The van der Waals surface area contributed by atoms with E-state index in [4.69, 9.17) is 27.4 Å². The maximum absolute atomic E-state index is 15.0. The van der Waals surface area contributed by atoms with Crippen molar-refractivity contribution in [3.05, 3.63) is 23.8 Å². The zero-order chi connectivity index (χ0) is 24.8. The smallest absolute Gasteiger partial charge is 0.414 e. The van der Waals surface area contributed by atoms with Gasteiger partial charge in [0.1, 0.15) is 11.8 Å². The van der Waals surface area contributed by atoms with Crippen molar-refractivity contribution in [3.8, 4) is 0 Å². The normalized spacial score (nSPS) is 18.9. The first-order valence-electron chi connectivity index (χ1n) is 10.3. The second-order valence-corrected chi connectivity index (χ2v) is 7.70. The maximum atomic E-state index is 15.0. The second kappa shape index (κ2) is 11.1. The Hall–Kier alpha value is -3.46. The van der Waals surface area contributed by atoms with Crippen LogP contribution in [0, 0.1) is 11.6 Å². The summed E-state index contributed by atoms with van der Waals surface area (Å²) in [6, 6.07) is 1.62. The zero-order valence-corrected chi connectivity index (χ0v) is 19.5. The highest BCUT2D eigenvalue weighted by Crippen LogP contribution is 2.31. The van der Waals surface area contributed by atoms with Gasteiger partial charge in [0.25, 0.3) is 5.17 Å². The second-order valence-electron chi connectivity index (χ2n) is 7.33. The van der Waals surface area contributed by atoms with Crippen molar-refractivity contribution in [2.45, 2.75) is 6.10 Å². The lowest BCUT2D eigenvalue weighted by molar-refractivity contribution is 0.142. The predicted molar refractivity (Wildman–Crippen MR) is 125 cm³/mol. The number of rotatable bonds is 4. The molecule has 2 aliphatic heterocycles. The minimum atomic E-state index is -0.842. The molecule has 2 saturated heterocycles. The summed E-state index contributed by atoms with van der Waals surface area (Å²) in [7, 11) is 2.83. The minimum absolute atomic E-state index is 0.0313. The van der Waals surface area contributed by atoms with E-state index in [2.05, 4.69) is 21.1 Å². The van der Waals surface area contributed by atoms with Gasteiger partial charge in [0.05, 0.1) is 32.4 Å². The molecule has 0 aliphatic carbocycles. The van der Waals surface area contributed by atoms with Crippen molar-refractivity contribution in [1.29, 1.82) is 0 Å². The van der Waals surface area contributed by atoms with Gasteiger partial charge in [0.15, 0.2) is 17.6 Å². The van der Waals surface area contributed by atoms with E-state index in [0.717, 1.165) is 17.0 Å². The van der Waals surface area contributed by atoms with Crippen molar-refractivity contribution in [1.82, 2.24) is 21.1 Å². The topological polar surface area (TPSA) is 137 Å². The molecule has 3 amide bonds. The molecule has 0 spiro atoms. The third-order valence-electron chi connectivity index (χ3n) is 5.16. The van der Waals surface area contributed by atoms with Gasteiger partial charge in [0.2, 0.25) is 0 Å². The molecule has 2 heterocycles. The summed E-state index contributed by atoms with van der Waals surface area (Å²) in [6.45, 7) is 1.02. The van der Waals surface area contributed by atoms with Gasteiger partial charge in [-0.15, -0.1) is 0 Å². The molecule has 0 unspecified atom stereocenters. The molecule has 1 atom stereocenters. The third kappa shape index (κ3) is 5.91. The fourth-order valence-electron chi connectivity index (χ4n) is 3.48. The number of thiocarbonyl (C=S) groups is 1. The monoisotopic (exact) mass is 500 g/mol. The van der Waals surface area contributed by atoms with E-state index in [1.54, 1.807) is 0 Å². The average Bonchev–Trinajstić information content (AvgIpc) is 3.01. The molecule has 2 fully saturated rings. The standard InChI is InChI=1S/C19H26F2N8O4S/c1-23-16(22)26-17(30)29-6-5-27(4-3-25-29)15-13(20)7-11(8-14(15)21)28-10-12(33-19(28)31)9-24-18(34)32-2/h7-8,12,25H,3-6,9-10H2,1-2H3,(H,24,34)(H3,22,23,26,30)/t12-/m0/s1. The maximum Gasteiger partial charge on any atom is 0.414 e. The Morgan fingerprint density at radius 1 is 1.35 bits per heavy atom. The van der Waals surface area contributed by atoms with Crippen LogP contribution in [-0.4, -0.2) is 87.8 Å². The van der Waals surface area contributed by atoms with Crippen LogP contribution >= 0.6 is 12.2 Å². The number of nitrogens with zero attached hydrogens (tertiary/aromatic N) is 4. The number of anilines is 2. The highest BCUT2D eigenvalue weighted by atomic mass is 32.1. The molecule has 0 radical (unpaired) electrons. The van der Waals surface area contributed by atoms with Gasteiger partial charge in [-0.1, -0.05) is 0 Å². The van der Waals surface area contributed by atoms with Gasteiger partial charge in [-0.3, -0.25) is 20.2 Å². The molecule has 1 aromatic carbocycles. The molecular formula is C19H26F2N8O4S. The highest BCUT2D eigenvalue weighted by molar-refractivity contribution is 7.80. The first kappa shape index (κ1) is 25.2. The molecule has 34 heavy (non-hydrogen) atoms. The molecule has 0 saturated carbocycles. The van der Waals surface area contributed by atoms with Gasteiger partial charge in [-0.05, 0) is 12.2 Å². The number of nitrogens with two attached hydrogens (primary N) is 1. The third-order valence-corrected chi connectivity index (χ3v) is 5.47. The first-order valence-corrected chi connectivity index (χ1v) is 10.7. The lowest BCUT2D eigenvalue weighted by Gasteiger charge is -2.25. The first-order chi connectivity index (χ1) is 16.2. The number of cyclic esters (lactones) is 1. The van der Waals surface area contributed by atoms with Gasteiger partial charge in [-0.25, -0.2) is 23.8 Å². The van der Waals surface area contributed by atoms with Crippen molar-refractivity contribution in [2.24, 2.45) is 10.7 Å². The number of guanidine groups is 1. The number of urea groups is 1. The molecule has 12 nitrogen and oxygen atoms in total. The SMILES string of the molecule is CN=C(N)NC(=O)N1CCN(c2c(F)cc(N3C[C@H](CNC(=S)OC)OC3=O)cc2F)CCN1. The molecule has 1 aromatic rings. The Morgan fingerprint density at radius 2 is 2.06 bits per heavy atom. The van der Waals surface area contributed by atoms with Crippen LogP contribution in [-0.2, 0) is 9.47 Å². The van der Waals surface area contributed by atoms with E-state index in [1.807, 2.05) is 0 Å². The van der Waals surface area contributed by atoms with E-state index >= 15 is 8.78 Å². The van der Waals surface area contributed by atoms with Crippen LogP contribution < -0.4 is 31.6 Å². The number of amides is 3. The molecule has 3 rings (SSSR count). The quantitative estimate of drug-likeness (QED) is 0.258. The van der Waals surface area contributed by atoms with E-state index in [-0.39, 0.29) is 61.8 Å². The summed E-state index contributed by atoms with van der Waals surface area (Å²) in [5, 5.41) is 6.55. The Balaban J connectivity index is 1.68. The van der Waals surface area contributed by atoms with Crippen LogP contribution in [0.3, 0.4) is 0 Å². The van der Waals surface area contributed by atoms with Crippen LogP contribution in [0.25, 0.3) is 0 Å². The number of benzene rings is 1. The Bertz CT molecular complexity index is 959. The summed E-state index contributed by atoms with van der Waals surface area (Å²) in [4.78, 5) is 30.7. The number of hydrazine groups is 1. The average molecular weight is 501 g/mol. The van der Waals surface area contributed by atoms with E-state index < -0.39 is 29.9 Å². The van der Waals surface area contributed by atoms with E-state index in [0.29, 0.717) is 0 Å². The van der Waals surface area contributed by atoms with Crippen LogP contribution in [0.4, 0.5) is 29.7 Å². The van der Waals surface area contributed by atoms with Crippen LogP contribution in [0.15, 0.2) is 17.1 Å². The molecule has 0 bridgehead atoms. The number of carbonyl (C=O) groups is 2. The number of hydrogen-bond donors (Lipinski definition) is 4. The summed E-state index contributed by atoms with van der Waals surface area (Å²) in [5.41, 5.74) is 8.15. The zero-order valence-electron chi connectivity index (χ0n) is 18.6. The Labute approximate surface area is 200 Å². The lowest BCUT2D eigenvalue weighted by Crippen LogP contribution is -2.52. The number of ether oxygens (including phenoxy) is 2. The van der Waals surface area contributed by atoms with Crippen LogP contribution in [0.5, 0.6) is 0 Å². The van der Waals surface area contributed by atoms with Gasteiger partial charge >= 0.3 is 12.1 Å². The Kier molecular flexibility index (Phi) is 8.22. The van der Waals surface area contributed by atoms with E-state index in [1.165, 1.54) is 24.1 Å². The summed E-state index contributed by atoms with van der Waals surface area (Å²) in [6.07, 6.45) is -1.30. The lowest BCUT2D eigenvalue weighted by atomic mass is 10.2. The van der Waals surface area contributed by atoms with Crippen LogP contribution in [0.2, 0.25) is 0 Å². The van der Waals surface area contributed by atoms with E-state index in [9.17, 15) is 9.59 Å². The number of nitrogens with one attached hydrogen (secondary N) is 3.